The molecule has 2 N–H and O–H groups in total. The van der Waals surface area contributed by atoms with E-state index in [9.17, 15) is 17.6 Å². The summed E-state index contributed by atoms with van der Waals surface area (Å²) in [5.74, 6) is 0. The Bertz CT molecular complexity index is 101. The van der Waals surface area contributed by atoms with Crippen LogP contribution >= 0.6 is 8.69 Å². The number of rotatable bonds is 4. The largest absolute Gasteiger partial charge is 0.348 e. The van der Waals surface area contributed by atoms with E-state index >= 15 is 0 Å². The molecule has 3 atom stereocenters. The minimum atomic E-state index is -2.10. The van der Waals surface area contributed by atoms with Crippen LogP contribution in [-0.2, 0) is 4.57 Å². The maximum Gasteiger partial charge on any atom is 0.181 e. The first-order valence-electron chi connectivity index (χ1n) is 2.86. The van der Waals surface area contributed by atoms with E-state index in [1.54, 1.807) is 0 Å². The van der Waals surface area contributed by atoms with Gasteiger partial charge in [-0.05, 0) is 0 Å². The summed E-state index contributed by atoms with van der Waals surface area (Å²) < 4.78 is 54.2. The van der Waals surface area contributed by atoms with Gasteiger partial charge >= 0.3 is 0 Å². The first-order valence-corrected chi connectivity index (χ1v) is 3.85. The van der Waals surface area contributed by atoms with Crippen molar-refractivity contribution in [2.75, 3.05) is 13.3 Å². The molecule has 0 bridgehead atoms. The lowest BCUT2D eigenvalue weighted by Gasteiger charge is -2.07. The molecule has 0 aliphatic rings. The first-order chi connectivity index (χ1) is 5.62. The summed E-state index contributed by atoms with van der Waals surface area (Å²) >= 11 is 0. The van der Waals surface area contributed by atoms with E-state index in [1.807, 2.05) is 0 Å². The van der Waals surface area contributed by atoms with Crippen molar-refractivity contribution < 1.29 is 27.0 Å². The van der Waals surface area contributed by atoms with E-state index in [0.29, 0.717) is 0 Å². The normalized spacial score (nSPS) is 15.4. The van der Waals surface area contributed by atoms with E-state index < -0.39 is 34.6 Å². The molecule has 0 radical (unpaired) electrons. The maximum absolute atomic E-state index is 11.7. The van der Waals surface area contributed by atoms with Gasteiger partial charge in [0.25, 0.3) is 0 Å². The molecule has 0 aliphatic heterocycles. The van der Waals surface area contributed by atoms with Crippen LogP contribution in [0.5, 0.6) is 0 Å². The molecule has 76 valence electrons. The SMILES string of the molecule is FCC(F)NC(F)CF.O=[PH2]O. The van der Waals surface area contributed by atoms with Crippen LogP contribution in [0.15, 0.2) is 0 Å². The molecule has 0 aromatic heterocycles. The first kappa shape index (κ1) is 14.4. The summed E-state index contributed by atoms with van der Waals surface area (Å²) in [6.07, 6.45) is -4.20. The topological polar surface area (TPSA) is 49.3 Å². The van der Waals surface area contributed by atoms with Crippen molar-refractivity contribution in [2.45, 2.75) is 12.6 Å². The minimum absolute atomic E-state index is 1.35. The minimum Gasteiger partial charge on any atom is -0.348 e. The van der Waals surface area contributed by atoms with Crippen molar-refractivity contribution in [3.8, 4) is 0 Å². The van der Waals surface area contributed by atoms with Gasteiger partial charge < -0.3 is 4.89 Å². The van der Waals surface area contributed by atoms with Crippen LogP contribution in [-0.4, -0.2) is 30.8 Å². The summed E-state index contributed by atoms with van der Waals surface area (Å²) in [4.78, 5) is 7.10. The zero-order valence-electron chi connectivity index (χ0n) is 6.01. The van der Waals surface area contributed by atoms with E-state index in [-0.39, 0.29) is 0 Å². The van der Waals surface area contributed by atoms with Crippen LogP contribution in [0.2, 0.25) is 0 Å². The van der Waals surface area contributed by atoms with E-state index in [1.165, 1.54) is 5.32 Å². The van der Waals surface area contributed by atoms with Crippen molar-refractivity contribution in [3.63, 3.8) is 0 Å². The Morgan fingerprint density at radius 1 is 1.25 bits per heavy atom. The van der Waals surface area contributed by atoms with Gasteiger partial charge in [0.05, 0.1) is 0 Å². The molecule has 0 aromatic carbocycles. The highest BCUT2D eigenvalue weighted by Crippen LogP contribution is 1.92. The van der Waals surface area contributed by atoms with Gasteiger partial charge in [0.2, 0.25) is 0 Å². The second kappa shape index (κ2) is 10.9. The molecule has 0 spiro atoms. The average molecular weight is 211 g/mol. The second-order valence-corrected chi connectivity index (χ2v) is 1.73. The molecule has 0 heterocycles. The Morgan fingerprint density at radius 3 is 1.67 bits per heavy atom. The van der Waals surface area contributed by atoms with Crippen LogP contribution in [0, 0.1) is 0 Å². The number of halogens is 4. The van der Waals surface area contributed by atoms with Crippen LogP contribution in [0.1, 0.15) is 0 Å². The predicted molar refractivity (Wildman–Crippen MR) is 37.5 cm³/mol. The highest BCUT2D eigenvalue weighted by molar-refractivity contribution is 7.16. The molecule has 0 saturated heterocycles. The van der Waals surface area contributed by atoms with Gasteiger partial charge in [-0.15, -0.1) is 0 Å². The van der Waals surface area contributed by atoms with Crippen LogP contribution < -0.4 is 5.32 Å². The molecule has 0 saturated carbocycles. The zero-order chi connectivity index (χ0) is 9.98. The lowest BCUT2D eigenvalue weighted by molar-refractivity contribution is 0.123. The number of alkyl halides is 4. The fourth-order valence-corrected chi connectivity index (χ4v) is 0.285. The molecule has 12 heavy (non-hydrogen) atoms. The van der Waals surface area contributed by atoms with Crippen molar-refractivity contribution in [2.24, 2.45) is 0 Å². The second-order valence-electron chi connectivity index (χ2n) is 1.52. The summed E-state index contributed by atoms with van der Waals surface area (Å²) in [7, 11) is -1.50. The van der Waals surface area contributed by atoms with Gasteiger partial charge in [0.15, 0.2) is 21.3 Å². The van der Waals surface area contributed by atoms with Gasteiger partial charge in [-0.25, -0.2) is 17.6 Å². The quantitative estimate of drug-likeness (QED) is 0.410. The molecule has 0 aromatic rings. The summed E-state index contributed by atoms with van der Waals surface area (Å²) in [6, 6.07) is 0. The Morgan fingerprint density at radius 2 is 1.50 bits per heavy atom. The fraction of sp³-hybridized carbons (Fsp3) is 1.00. The zero-order valence-corrected chi connectivity index (χ0v) is 7.17. The predicted octanol–water partition coefficient (Wildman–Crippen LogP) is 0.756. The van der Waals surface area contributed by atoms with Gasteiger partial charge in [0.1, 0.15) is 13.3 Å². The smallest absolute Gasteiger partial charge is 0.181 e. The van der Waals surface area contributed by atoms with Gasteiger partial charge in [0, 0.05) is 0 Å². The van der Waals surface area contributed by atoms with Crippen molar-refractivity contribution >= 4 is 8.69 Å². The van der Waals surface area contributed by atoms with Crippen LogP contribution in [0.25, 0.3) is 0 Å². The average Bonchev–Trinajstić information content (AvgIpc) is 2.05. The monoisotopic (exact) mass is 211 g/mol. The Hall–Kier alpha value is -0.130. The highest BCUT2D eigenvalue weighted by atomic mass is 31.1. The maximum atomic E-state index is 11.7. The summed E-state index contributed by atoms with van der Waals surface area (Å²) in [6.45, 7) is -2.69. The van der Waals surface area contributed by atoms with Crippen molar-refractivity contribution in [1.82, 2.24) is 5.32 Å². The third-order valence-electron chi connectivity index (χ3n) is 0.633. The van der Waals surface area contributed by atoms with E-state index in [4.69, 9.17) is 9.46 Å². The van der Waals surface area contributed by atoms with Gasteiger partial charge in [-0.1, -0.05) is 0 Å². The lowest BCUT2D eigenvalue weighted by Crippen LogP contribution is -2.35. The molecule has 0 aliphatic carbocycles. The van der Waals surface area contributed by atoms with E-state index in [0.717, 1.165) is 0 Å². The molecule has 0 amide bonds. The van der Waals surface area contributed by atoms with E-state index in [2.05, 4.69) is 0 Å². The van der Waals surface area contributed by atoms with Crippen molar-refractivity contribution in [1.29, 1.82) is 0 Å². The molecular weight excluding hydrogens is 201 g/mol. The number of nitrogens with one attached hydrogen (secondary N) is 1. The Labute approximate surface area is 68.1 Å². The Kier molecular flexibility index (Phi) is 13.0. The molecule has 8 heteroatoms. The fourth-order valence-electron chi connectivity index (χ4n) is 0.285. The highest BCUT2D eigenvalue weighted by Gasteiger charge is 2.11. The summed E-state index contributed by atoms with van der Waals surface area (Å²) in [5.41, 5.74) is 0. The third kappa shape index (κ3) is 12.5. The van der Waals surface area contributed by atoms with Crippen LogP contribution in [0.4, 0.5) is 17.6 Å². The molecule has 0 rings (SSSR count). The molecule has 3 unspecified atom stereocenters. The number of hydrogen-bond donors (Lipinski definition) is 2. The molecule has 3 nitrogen and oxygen atoms in total. The molecular formula is C4H10F4NO2P. The molecule has 0 fully saturated rings. The van der Waals surface area contributed by atoms with Gasteiger partial charge in [-0.3, -0.25) is 9.88 Å². The standard InChI is InChI=1S/C4H7F4N.H3O2P/c5-1-3(7)9-4(8)2-6;1-3-2/h3-4,9H,1-2H2;3H2,(H,1,2). The third-order valence-corrected chi connectivity index (χ3v) is 0.633. The number of hydrogen-bond acceptors (Lipinski definition) is 2. The van der Waals surface area contributed by atoms with Crippen LogP contribution in [0.3, 0.4) is 0 Å². The van der Waals surface area contributed by atoms with Gasteiger partial charge in [-0.2, -0.15) is 0 Å². The Balaban J connectivity index is 0. The summed E-state index contributed by atoms with van der Waals surface area (Å²) in [5, 5.41) is 1.40. The lowest BCUT2D eigenvalue weighted by atomic mass is 10.6. The van der Waals surface area contributed by atoms with Crippen molar-refractivity contribution in [3.05, 3.63) is 0 Å².